The third kappa shape index (κ3) is 3.19. The summed E-state index contributed by atoms with van der Waals surface area (Å²) in [6, 6.07) is 11.1. The van der Waals surface area contributed by atoms with Gasteiger partial charge in [-0.1, -0.05) is 12.1 Å². The van der Waals surface area contributed by atoms with E-state index < -0.39 is 0 Å². The number of piperazine rings is 1. The van der Waals surface area contributed by atoms with Crippen molar-refractivity contribution >= 4 is 16.7 Å². The van der Waals surface area contributed by atoms with Crippen LogP contribution in [0.1, 0.15) is 11.4 Å². The Balaban J connectivity index is 1.48. The molecule has 148 valence electrons. The number of hydrogen-bond donors (Lipinski definition) is 2. The fraction of sp³-hybridized carbons (Fsp3) is 0.304. The van der Waals surface area contributed by atoms with E-state index in [9.17, 15) is 0 Å². The number of nitrogens with one attached hydrogen (secondary N) is 2. The Labute approximate surface area is 170 Å². The maximum Gasteiger partial charge on any atom is 0.137 e. The molecule has 0 amide bonds. The third-order valence-electron chi connectivity index (χ3n) is 6.00. The second-order valence-corrected chi connectivity index (χ2v) is 7.97. The molecule has 2 N–H and O–H groups in total. The van der Waals surface area contributed by atoms with E-state index in [0.29, 0.717) is 0 Å². The number of nitrogens with zero attached hydrogens (tertiary/aromatic N) is 4. The lowest BCUT2D eigenvalue weighted by Crippen LogP contribution is -2.44. The molecule has 0 aliphatic carbocycles. The van der Waals surface area contributed by atoms with E-state index in [1.54, 1.807) is 0 Å². The van der Waals surface area contributed by atoms with Gasteiger partial charge >= 0.3 is 0 Å². The van der Waals surface area contributed by atoms with Crippen molar-refractivity contribution in [2.75, 3.05) is 38.1 Å². The van der Waals surface area contributed by atoms with Crippen molar-refractivity contribution in [1.82, 2.24) is 25.1 Å². The molecular formula is C23H26N6. The summed E-state index contributed by atoms with van der Waals surface area (Å²) in [5, 5.41) is 8.56. The summed E-state index contributed by atoms with van der Waals surface area (Å²) in [7, 11) is 2.19. The first-order valence-electron chi connectivity index (χ1n) is 10.1. The number of pyridine rings is 1. The van der Waals surface area contributed by atoms with Crippen LogP contribution in [0.15, 0.2) is 42.7 Å². The molecular weight excluding hydrogens is 360 g/mol. The van der Waals surface area contributed by atoms with Crippen molar-refractivity contribution in [3.8, 4) is 22.3 Å². The lowest BCUT2D eigenvalue weighted by molar-refractivity contribution is 0.313. The Bertz CT molecular complexity index is 1130. The molecule has 1 fully saturated rings. The maximum absolute atomic E-state index is 4.67. The maximum atomic E-state index is 4.67. The number of anilines is 1. The van der Waals surface area contributed by atoms with Gasteiger partial charge in [-0.2, -0.15) is 5.10 Å². The number of rotatable bonds is 3. The smallest absolute Gasteiger partial charge is 0.137 e. The van der Waals surface area contributed by atoms with Crippen LogP contribution >= 0.6 is 0 Å². The molecule has 4 heterocycles. The first-order valence-corrected chi connectivity index (χ1v) is 10.1. The highest BCUT2D eigenvalue weighted by Crippen LogP contribution is 2.34. The zero-order valence-corrected chi connectivity index (χ0v) is 17.2. The summed E-state index contributed by atoms with van der Waals surface area (Å²) in [5.74, 6) is 0. The second-order valence-electron chi connectivity index (χ2n) is 7.97. The van der Waals surface area contributed by atoms with Gasteiger partial charge in [-0.25, -0.2) is 4.98 Å². The number of H-pyrrole nitrogens is 2. The number of benzene rings is 1. The van der Waals surface area contributed by atoms with Crippen molar-refractivity contribution < 1.29 is 0 Å². The van der Waals surface area contributed by atoms with E-state index >= 15 is 0 Å². The molecule has 1 saturated heterocycles. The molecule has 1 aliphatic rings. The fourth-order valence-electron chi connectivity index (χ4n) is 4.25. The van der Waals surface area contributed by atoms with Crippen LogP contribution in [0.25, 0.3) is 33.3 Å². The van der Waals surface area contributed by atoms with E-state index in [2.05, 4.69) is 74.3 Å². The van der Waals surface area contributed by atoms with E-state index in [1.165, 1.54) is 11.3 Å². The zero-order valence-electron chi connectivity index (χ0n) is 17.2. The van der Waals surface area contributed by atoms with Gasteiger partial charge < -0.3 is 14.8 Å². The minimum Gasteiger partial charge on any atom is -0.369 e. The van der Waals surface area contributed by atoms with Crippen LogP contribution < -0.4 is 4.90 Å². The van der Waals surface area contributed by atoms with Crippen LogP contribution in [0.3, 0.4) is 0 Å². The number of aryl methyl sites for hydroxylation is 2. The lowest BCUT2D eigenvalue weighted by atomic mass is 10.0. The number of aromatic nitrogens is 4. The number of likely N-dealkylation sites (N-methyl/N-ethyl adjacent to an activating group) is 1. The number of aromatic amines is 2. The van der Waals surface area contributed by atoms with E-state index in [4.69, 9.17) is 0 Å². The highest BCUT2D eigenvalue weighted by molar-refractivity contribution is 5.96. The predicted octanol–water partition coefficient (Wildman–Crippen LogP) is 3.99. The summed E-state index contributed by atoms with van der Waals surface area (Å²) < 4.78 is 0. The summed E-state index contributed by atoms with van der Waals surface area (Å²) >= 11 is 0. The second kappa shape index (κ2) is 7.04. The zero-order chi connectivity index (χ0) is 20.0. The molecule has 0 saturated carbocycles. The molecule has 3 aromatic heterocycles. The Morgan fingerprint density at radius 3 is 2.41 bits per heavy atom. The van der Waals surface area contributed by atoms with Crippen LogP contribution in [-0.2, 0) is 0 Å². The molecule has 6 nitrogen and oxygen atoms in total. The Morgan fingerprint density at radius 1 is 0.966 bits per heavy atom. The van der Waals surface area contributed by atoms with Gasteiger partial charge in [0, 0.05) is 72.0 Å². The molecule has 1 aromatic carbocycles. The van der Waals surface area contributed by atoms with Crippen LogP contribution in [0.5, 0.6) is 0 Å². The van der Waals surface area contributed by atoms with Gasteiger partial charge in [0.1, 0.15) is 5.65 Å². The minimum atomic E-state index is 0.901. The monoisotopic (exact) mass is 386 g/mol. The van der Waals surface area contributed by atoms with E-state index in [1.807, 2.05) is 19.3 Å². The molecule has 1 aliphatic heterocycles. The predicted molar refractivity (Wildman–Crippen MR) is 118 cm³/mol. The quantitative estimate of drug-likeness (QED) is 0.559. The van der Waals surface area contributed by atoms with Crippen molar-refractivity contribution in [2.45, 2.75) is 13.8 Å². The van der Waals surface area contributed by atoms with Crippen LogP contribution in [0.4, 0.5) is 5.69 Å². The van der Waals surface area contributed by atoms with Crippen LogP contribution in [0, 0.1) is 13.8 Å². The summed E-state index contributed by atoms with van der Waals surface area (Å²) in [6.07, 6.45) is 3.98. The van der Waals surface area contributed by atoms with Gasteiger partial charge in [-0.05, 0) is 44.7 Å². The molecule has 0 unspecified atom stereocenters. The molecule has 5 rings (SSSR count). The lowest BCUT2D eigenvalue weighted by Gasteiger charge is -2.34. The molecule has 4 aromatic rings. The molecule has 0 spiro atoms. The average molecular weight is 387 g/mol. The molecule has 0 atom stereocenters. The van der Waals surface area contributed by atoms with Gasteiger partial charge in [-0.15, -0.1) is 0 Å². The van der Waals surface area contributed by atoms with Crippen LogP contribution in [0.2, 0.25) is 0 Å². The van der Waals surface area contributed by atoms with Crippen molar-refractivity contribution in [3.05, 3.63) is 54.1 Å². The highest BCUT2D eigenvalue weighted by atomic mass is 15.2. The van der Waals surface area contributed by atoms with Gasteiger partial charge in [0.2, 0.25) is 0 Å². The van der Waals surface area contributed by atoms with Crippen molar-refractivity contribution in [2.24, 2.45) is 0 Å². The fourth-order valence-corrected chi connectivity index (χ4v) is 4.25. The molecule has 0 bridgehead atoms. The topological polar surface area (TPSA) is 63.8 Å². The summed E-state index contributed by atoms with van der Waals surface area (Å²) in [6.45, 7) is 8.49. The van der Waals surface area contributed by atoms with Gasteiger partial charge in [0.05, 0.1) is 5.69 Å². The van der Waals surface area contributed by atoms with E-state index in [0.717, 1.165) is 65.3 Å². The van der Waals surface area contributed by atoms with E-state index in [-0.39, 0.29) is 0 Å². The van der Waals surface area contributed by atoms with Gasteiger partial charge in [0.25, 0.3) is 0 Å². The molecule has 6 heteroatoms. The highest BCUT2D eigenvalue weighted by Gasteiger charge is 2.16. The van der Waals surface area contributed by atoms with Gasteiger partial charge in [-0.3, -0.25) is 5.10 Å². The standard InChI is InChI=1S/C23H26N6/c1-15-22(16(2)27-26-15)21-14-25-23-20(21)12-18(13-24-23)17-4-6-19(7-5-17)29-10-8-28(3)9-11-29/h4-7,12-14H,8-11H2,1-3H3,(H,24,25)(H,26,27). The summed E-state index contributed by atoms with van der Waals surface area (Å²) in [5.41, 5.74) is 8.89. The van der Waals surface area contributed by atoms with Gasteiger partial charge in [0.15, 0.2) is 0 Å². The first kappa shape index (κ1) is 17.9. The SMILES string of the molecule is Cc1n[nH]c(C)c1-c1c[nH]c2ncc(-c3ccc(N4CCN(C)CC4)cc3)cc12. The molecule has 0 radical (unpaired) electrons. The Morgan fingerprint density at radius 2 is 1.72 bits per heavy atom. The first-order chi connectivity index (χ1) is 14.1. The minimum absolute atomic E-state index is 0.901. The largest absolute Gasteiger partial charge is 0.369 e. The average Bonchev–Trinajstić information content (AvgIpc) is 3.30. The van der Waals surface area contributed by atoms with Crippen molar-refractivity contribution in [3.63, 3.8) is 0 Å². The Kier molecular flexibility index (Phi) is 4.36. The third-order valence-corrected chi connectivity index (χ3v) is 6.00. The normalized spacial score (nSPS) is 15.3. The Hall–Kier alpha value is -3.12. The summed E-state index contributed by atoms with van der Waals surface area (Å²) in [4.78, 5) is 12.8. The van der Waals surface area contributed by atoms with Crippen molar-refractivity contribution in [1.29, 1.82) is 0 Å². The number of fused-ring (bicyclic) bond motifs is 1. The number of hydrogen-bond acceptors (Lipinski definition) is 4. The molecule has 29 heavy (non-hydrogen) atoms. The van der Waals surface area contributed by atoms with Crippen LogP contribution in [-0.4, -0.2) is 58.3 Å².